The minimum absolute atomic E-state index is 0.0271. The number of aliphatic hydroxyl groups is 1. The maximum Gasteiger partial charge on any atom is 0.229 e. The smallest absolute Gasteiger partial charge is 0.229 e. The second kappa shape index (κ2) is 3.56. The van der Waals surface area contributed by atoms with Crippen LogP contribution in [0.3, 0.4) is 0 Å². The Labute approximate surface area is 98.3 Å². The van der Waals surface area contributed by atoms with E-state index >= 15 is 0 Å². The van der Waals surface area contributed by atoms with Crippen molar-refractivity contribution in [3.63, 3.8) is 0 Å². The van der Waals surface area contributed by atoms with Crippen LogP contribution >= 0.6 is 0 Å². The summed E-state index contributed by atoms with van der Waals surface area (Å²) in [6.45, 7) is 0.380. The Morgan fingerprint density at radius 1 is 1.47 bits per heavy atom. The number of nitrogens with zero attached hydrogens (tertiary/aromatic N) is 3. The fourth-order valence-corrected chi connectivity index (χ4v) is 2.26. The Morgan fingerprint density at radius 2 is 2.29 bits per heavy atom. The summed E-state index contributed by atoms with van der Waals surface area (Å²) in [5, 5.41) is 14.6. The predicted octanol–water partition coefficient (Wildman–Crippen LogP) is 0.671. The lowest BCUT2D eigenvalue weighted by atomic mass is 10.2. The van der Waals surface area contributed by atoms with E-state index in [0.717, 1.165) is 16.6 Å². The van der Waals surface area contributed by atoms with Crippen LogP contribution in [0, 0.1) is 0 Å². The van der Waals surface area contributed by atoms with Gasteiger partial charge in [-0.2, -0.15) is 5.10 Å². The lowest BCUT2D eigenvalue weighted by Crippen LogP contribution is -2.25. The van der Waals surface area contributed by atoms with Crippen LogP contribution in [0.1, 0.15) is 6.42 Å². The summed E-state index contributed by atoms with van der Waals surface area (Å²) in [5.41, 5.74) is 1.85. The Kier molecular flexibility index (Phi) is 2.16. The number of amides is 1. The highest BCUT2D eigenvalue weighted by Gasteiger charge is 2.29. The highest BCUT2D eigenvalue weighted by molar-refractivity contribution is 5.98. The Bertz CT molecular complexity index is 590. The van der Waals surface area contributed by atoms with Gasteiger partial charge in [0.05, 0.1) is 30.8 Å². The third kappa shape index (κ3) is 1.59. The maximum absolute atomic E-state index is 11.7. The minimum atomic E-state index is -0.549. The first kappa shape index (κ1) is 10.3. The number of carbonyl (C=O) groups is 1. The van der Waals surface area contributed by atoms with E-state index in [4.69, 9.17) is 0 Å². The van der Waals surface area contributed by atoms with E-state index in [2.05, 4.69) is 5.10 Å². The molecule has 1 saturated heterocycles. The zero-order valence-corrected chi connectivity index (χ0v) is 9.50. The molecule has 0 bridgehead atoms. The second-order valence-corrected chi connectivity index (χ2v) is 4.37. The first-order valence-corrected chi connectivity index (χ1v) is 5.55. The molecule has 1 aromatic heterocycles. The fourth-order valence-electron chi connectivity index (χ4n) is 2.26. The summed E-state index contributed by atoms with van der Waals surface area (Å²) in [6.07, 6.45) is 1.44. The van der Waals surface area contributed by atoms with E-state index in [1.807, 2.05) is 25.2 Å². The number of anilines is 1. The van der Waals surface area contributed by atoms with Gasteiger partial charge in [0.1, 0.15) is 0 Å². The monoisotopic (exact) mass is 231 g/mol. The molecule has 2 heterocycles. The van der Waals surface area contributed by atoms with Gasteiger partial charge in [-0.15, -0.1) is 0 Å². The van der Waals surface area contributed by atoms with Crippen LogP contribution in [-0.2, 0) is 11.8 Å². The van der Waals surface area contributed by atoms with Gasteiger partial charge in [-0.05, 0) is 18.2 Å². The Morgan fingerprint density at radius 3 is 3.00 bits per heavy atom. The molecule has 1 aliphatic heterocycles. The number of rotatable bonds is 1. The number of aryl methyl sites for hydroxylation is 1. The molecular formula is C12H13N3O2. The molecule has 88 valence electrons. The van der Waals surface area contributed by atoms with Gasteiger partial charge in [0.25, 0.3) is 0 Å². The molecule has 1 amide bonds. The van der Waals surface area contributed by atoms with Crippen molar-refractivity contribution in [3.05, 3.63) is 24.4 Å². The molecule has 0 radical (unpaired) electrons. The maximum atomic E-state index is 11.7. The Hall–Kier alpha value is -1.88. The van der Waals surface area contributed by atoms with Crippen molar-refractivity contribution in [2.75, 3.05) is 11.4 Å². The molecule has 5 nitrogen and oxygen atoms in total. The van der Waals surface area contributed by atoms with Crippen molar-refractivity contribution < 1.29 is 9.90 Å². The van der Waals surface area contributed by atoms with Gasteiger partial charge in [0.15, 0.2) is 0 Å². The number of hydrogen-bond acceptors (Lipinski definition) is 3. The SMILES string of the molecule is Cn1ncc2cc(N3CC(O)CC3=O)ccc21. The number of fused-ring (bicyclic) bond motifs is 1. The number of β-amino-alcohol motifs (C(OH)–C–C–N with tert-alkyl or cyclic N) is 1. The predicted molar refractivity (Wildman–Crippen MR) is 63.7 cm³/mol. The molecule has 2 aromatic rings. The number of aromatic nitrogens is 2. The number of hydrogen-bond donors (Lipinski definition) is 1. The number of aliphatic hydroxyl groups excluding tert-OH is 1. The van der Waals surface area contributed by atoms with E-state index in [1.165, 1.54) is 0 Å². The van der Waals surface area contributed by atoms with Crippen LogP contribution in [0.2, 0.25) is 0 Å². The normalized spacial score (nSPS) is 20.5. The van der Waals surface area contributed by atoms with Gasteiger partial charge in [-0.1, -0.05) is 0 Å². The van der Waals surface area contributed by atoms with Crippen molar-refractivity contribution in [1.82, 2.24) is 9.78 Å². The summed E-state index contributed by atoms with van der Waals surface area (Å²) in [5.74, 6) is -0.0271. The minimum Gasteiger partial charge on any atom is -0.391 e. The van der Waals surface area contributed by atoms with E-state index in [0.29, 0.717) is 6.54 Å². The molecular weight excluding hydrogens is 218 g/mol. The third-order valence-corrected chi connectivity index (χ3v) is 3.15. The van der Waals surface area contributed by atoms with E-state index < -0.39 is 6.10 Å². The zero-order valence-electron chi connectivity index (χ0n) is 9.50. The Balaban J connectivity index is 2.03. The highest BCUT2D eigenvalue weighted by atomic mass is 16.3. The topological polar surface area (TPSA) is 58.4 Å². The van der Waals surface area contributed by atoms with Gasteiger partial charge in [-0.25, -0.2) is 0 Å². The zero-order chi connectivity index (χ0) is 12.0. The average Bonchev–Trinajstić information content (AvgIpc) is 2.82. The first-order chi connectivity index (χ1) is 8.15. The van der Waals surface area contributed by atoms with Crippen LogP contribution in [-0.4, -0.2) is 33.4 Å². The molecule has 5 heteroatoms. The molecule has 1 aromatic carbocycles. The molecule has 17 heavy (non-hydrogen) atoms. The van der Waals surface area contributed by atoms with Crippen LogP contribution in [0.4, 0.5) is 5.69 Å². The van der Waals surface area contributed by atoms with Crippen molar-refractivity contribution in [2.45, 2.75) is 12.5 Å². The molecule has 1 unspecified atom stereocenters. The number of benzene rings is 1. The molecule has 0 saturated carbocycles. The van der Waals surface area contributed by atoms with Crippen LogP contribution in [0.15, 0.2) is 24.4 Å². The second-order valence-electron chi connectivity index (χ2n) is 4.37. The largest absolute Gasteiger partial charge is 0.391 e. The average molecular weight is 231 g/mol. The third-order valence-electron chi connectivity index (χ3n) is 3.15. The van der Waals surface area contributed by atoms with E-state index in [-0.39, 0.29) is 12.3 Å². The van der Waals surface area contributed by atoms with E-state index in [1.54, 1.807) is 15.8 Å². The molecule has 0 aliphatic carbocycles. The first-order valence-electron chi connectivity index (χ1n) is 5.55. The molecule has 1 fully saturated rings. The molecule has 1 N–H and O–H groups in total. The van der Waals surface area contributed by atoms with Gasteiger partial charge in [0, 0.05) is 18.1 Å². The van der Waals surface area contributed by atoms with Crippen molar-refractivity contribution in [3.8, 4) is 0 Å². The molecule has 1 atom stereocenters. The van der Waals surface area contributed by atoms with Gasteiger partial charge in [0.2, 0.25) is 5.91 Å². The molecule has 1 aliphatic rings. The van der Waals surface area contributed by atoms with Crippen molar-refractivity contribution in [2.24, 2.45) is 7.05 Å². The summed E-state index contributed by atoms with van der Waals surface area (Å²) in [6, 6.07) is 5.76. The van der Waals surface area contributed by atoms with Crippen LogP contribution in [0.5, 0.6) is 0 Å². The summed E-state index contributed by atoms with van der Waals surface area (Å²) in [4.78, 5) is 13.3. The standard InChI is InChI=1S/C12H13N3O2/c1-14-11-3-2-9(4-8(11)6-13-14)15-7-10(16)5-12(15)17/h2-4,6,10,16H,5,7H2,1H3. The quantitative estimate of drug-likeness (QED) is 0.784. The fraction of sp³-hybridized carbons (Fsp3) is 0.333. The van der Waals surface area contributed by atoms with E-state index in [9.17, 15) is 9.90 Å². The van der Waals surface area contributed by atoms with Crippen molar-refractivity contribution >= 4 is 22.5 Å². The summed E-state index contributed by atoms with van der Waals surface area (Å²) < 4.78 is 1.79. The van der Waals surface area contributed by atoms with Crippen LogP contribution < -0.4 is 4.90 Å². The number of carbonyl (C=O) groups excluding carboxylic acids is 1. The summed E-state index contributed by atoms with van der Waals surface area (Å²) in [7, 11) is 1.88. The lowest BCUT2D eigenvalue weighted by Gasteiger charge is -2.15. The van der Waals surface area contributed by atoms with Gasteiger partial charge >= 0.3 is 0 Å². The lowest BCUT2D eigenvalue weighted by molar-refractivity contribution is -0.117. The van der Waals surface area contributed by atoms with Gasteiger partial charge in [-0.3, -0.25) is 9.48 Å². The molecule has 0 spiro atoms. The van der Waals surface area contributed by atoms with Crippen LogP contribution in [0.25, 0.3) is 10.9 Å². The summed E-state index contributed by atoms with van der Waals surface area (Å²) >= 11 is 0. The highest BCUT2D eigenvalue weighted by Crippen LogP contribution is 2.25. The van der Waals surface area contributed by atoms with Gasteiger partial charge < -0.3 is 10.0 Å². The van der Waals surface area contributed by atoms with Crippen molar-refractivity contribution in [1.29, 1.82) is 0 Å². The molecule has 3 rings (SSSR count).